The van der Waals surface area contributed by atoms with Crippen LogP contribution in [-0.4, -0.2) is 37.1 Å². The van der Waals surface area contributed by atoms with Crippen LogP contribution in [0.25, 0.3) is 0 Å². The third kappa shape index (κ3) is 30.2. The Kier molecular flexibility index (Phi) is 32.1. The first kappa shape index (κ1) is 41.4. The molecule has 0 aromatic heterocycles. The second-order valence-electron chi connectivity index (χ2n) is 12.6. The first-order valence-electron chi connectivity index (χ1n) is 18.7. The largest absolute Gasteiger partial charge is 0.466 e. The molecule has 0 radical (unpaired) electrons. The molecule has 0 bridgehead atoms. The minimum absolute atomic E-state index is 0.103. The van der Waals surface area contributed by atoms with Gasteiger partial charge in [-0.15, -0.1) is 0 Å². The van der Waals surface area contributed by atoms with Crippen LogP contribution in [0.15, 0.2) is 0 Å². The quantitative estimate of drug-likeness (QED) is 0.0591. The number of nitrogens with one attached hydrogen (secondary N) is 1. The molecule has 1 amide bonds. The van der Waals surface area contributed by atoms with E-state index in [-0.39, 0.29) is 24.7 Å². The lowest BCUT2D eigenvalue weighted by Crippen LogP contribution is -2.42. The van der Waals surface area contributed by atoms with Crippen molar-refractivity contribution >= 4 is 17.8 Å². The number of hydrogen-bond acceptors (Lipinski definition) is 5. The van der Waals surface area contributed by atoms with E-state index in [1.165, 1.54) is 109 Å². The molecular weight excluding hydrogens is 538 g/mol. The number of ether oxygens (including phenoxy) is 2. The molecule has 6 nitrogen and oxygen atoms in total. The third-order valence-electron chi connectivity index (χ3n) is 8.27. The van der Waals surface area contributed by atoms with E-state index >= 15 is 0 Å². The number of unbranched alkanes of at least 4 members (excludes halogenated alkanes) is 22. The van der Waals surface area contributed by atoms with E-state index in [9.17, 15) is 14.4 Å². The van der Waals surface area contributed by atoms with Crippen LogP contribution in [0.4, 0.5) is 0 Å². The second kappa shape index (κ2) is 33.3. The lowest BCUT2D eigenvalue weighted by Gasteiger charge is -2.18. The maximum Gasteiger partial charge on any atom is 0.328 e. The van der Waals surface area contributed by atoms with Crippen molar-refractivity contribution in [2.45, 2.75) is 207 Å². The number of esters is 2. The maximum atomic E-state index is 12.9. The van der Waals surface area contributed by atoms with Gasteiger partial charge >= 0.3 is 11.9 Å². The lowest BCUT2D eigenvalue weighted by molar-refractivity contribution is -0.149. The Labute approximate surface area is 266 Å². The summed E-state index contributed by atoms with van der Waals surface area (Å²) in [5, 5.41) is 2.86. The summed E-state index contributed by atoms with van der Waals surface area (Å²) >= 11 is 0. The smallest absolute Gasteiger partial charge is 0.328 e. The molecule has 0 saturated heterocycles. The molecule has 0 saturated carbocycles. The Morgan fingerprint density at radius 1 is 0.465 bits per heavy atom. The monoisotopic (exact) mass is 610 g/mol. The molecule has 0 spiro atoms. The maximum absolute atomic E-state index is 12.9. The number of amides is 1. The van der Waals surface area contributed by atoms with Crippen molar-refractivity contribution in [3.05, 3.63) is 0 Å². The molecule has 0 fully saturated rings. The summed E-state index contributed by atoms with van der Waals surface area (Å²) in [6.07, 6.45) is 30.4. The van der Waals surface area contributed by atoms with Gasteiger partial charge in [0.2, 0.25) is 5.91 Å². The summed E-state index contributed by atoms with van der Waals surface area (Å²) in [5.41, 5.74) is 0. The summed E-state index contributed by atoms with van der Waals surface area (Å²) < 4.78 is 10.9. The third-order valence-corrected chi connectivity index (χ3v) is 8.27. The fourth-order valence-electron chi connectivity index (χ4n) is 5.38. The zero-order valence-corrected chi connectivity index (χ0v) is 28.8. The molecule has 43 heavy (non-hydrogen) atoms. The van der Waals surface area contributed by atoms with Gasteiger partial charge in [0, 0.05) is 12.8 Å². The van der Waals surface area contributed by atoms with Crippen molar-refractivity contribution < 1.29 is 23.9 Å². The van der Waals surface area contributed by atoms with Gasteiger partial charge in [-0.25, -0.2) is 4.79 Å². The predicted octanol–water partition coefficient (Wildman–Crippen LogP) is 10.5. The van der Waals surface area contributed by atoms with Crippen molar-refractivity contribution in [3.8, 4) is 0 Å². The standard InChI is InChI=1S/C37H71NO5/c1-4-7-10-13-16-18-20-22-25-28-33-43-37(41)34(30-31-36(40)42-32-27-24-15-12-9-6-3)38-35(39)29-26-23-21-19-17-14-11-8-5-2/h34H,4-33H2,1-3H3,(H,38,39)/t34-/m0/s1. The number of carbonyl (C=O) groups excluding carboxylic acids is 3. The van der Waals surface area contributed by atoms with Crippen LogP contribution in [0.3, 0.4) is 0 Å². The average Bonchev–Trinajstić information content (AvgIpc) is 3.00. The van der Waals surface area contributed by atoms with E-state index in [2.05, 4.69) is 26.1 Å². The molecular formula is C37H71NO5. The van der Waals surface area contributed by atoms with E-state index in [1.54, 1.807) is 0 Å². The van der Waals surface area contributed by atoms with Crippen LogP contribution in [-0.2, 0) is 23.9 Å². The molecule has 1 atom stereocenters. The highest BCUT2D eigenvalue weighted by Gasteiger charge is 2.23. The van der Waals surface area contributed by atoms with Crippen molar-refractivity contribution in [2.24, 2.45) is 0 Å². The zero-order valence-electron chi connectivity index (χ0n) is 28.8. The predicted molar refractivity (Wildman–Crippen MR) is 180 cm³/mol. The van der Waals surface area contributed by atoms with E-state index in [0.29, 0.717) is 19.6 Å². The summed E-state index contributed by atoms with van der Waals surface area (Å²) in [7, 11) is 0. The Bertz CT molecular complexity index is 638. The highest BCUT2D eigenvalue weighted by molar-refractivity contribution is 5.85. The Morgan fingerprint density at radius 2 is 0.837 bits per heavy atom. The van der Waals surface area contributed by atoms with Crippen LogP contribution in [0, 0.1) is 0 Å². The Balaban J connectivity index is 4.37. The van der Waals surface area contributed by atoms with Gasteiger partial charge in [-0.3, -0.25) is 9.59 Å². The Hall–Kier alpha value is -1.59. The number of carbonyl (C=O) groups is 3. The summed E-state index contributed by atoms with van der Waals surface area (Å²) in [5.74, 6) is -0.876. The molecule has 0 heterocycles. The van der Waals surface area contributed by atoms with Gasteiger partial charge in [-0.1, -0.05) is 162 Å². The van der Waals surface area contributed by atoms with Crippen molar-refractivity contribution in [2.75, 3.05) is 13.2 Å². The van der Waals surface area contributed by atoms with Gasteiger partial charge in [-0.05, 0) is 25.7 Å². The highest BCUT2D eigenvalue weighted by Crippen LogP contribution is 2.13. The summed E-state index contributed by atoms with van der Waals surface area (Å²) in [6.45, 7) is 7.46. The van der Waals surface area contributed by atoms with Crippen molar-refractivity contribution in [1.82, 2.24) is 5.32 Å². The molecule has 0 unspecified atom stereocenters. The fourth-order valence-corrected chi connectivity index (χ4v) is 5.38. The fraction of sp³-hybridized carbons (Fsp3) is 0.919. The van der Waals surface area contributed by atoms with Gasteiger partial charge in [0.1, 0.15) is 6.04 Å². The van der Waals surface area contributed by atoms with Crippen LogP contribution >= 0.6 is 0 Å². The first-order chi connectivity index (χ1) is 21.0. The van der Waals surface area contributed by atoms with E-state index in [4.69, 9.17) is 9.47 Å². The summed E-state index contributed by atoms with van der Waals surface area (Å²) in [6, 6.07) is -0.796. The average molecular weight is 610 g/mol. The van der Waals surface area contributed by atoms with Crippen LogP contribution in [0.1, 0.15) is 201 Å². The second-order valence-corrected chi connectivity index (χ2v) is 12.6. The van der Waals surface area contributed by atoms with E-state index in [0.717, 1.165) is 51.4 Å². The van der Waals surface area contributed by atoms with Gasteiger partial charge in [-0.2, -0.15) is 0 Å². The van der Waals surface area contributed by atoms with E-state index < -0.39 is 12.0 Å². The van der Waals surface area contributed by atoms with Crippen molar-refractivity contribution in [1.29, 1.82) is 0 Å². The SMILES string of the molecule is CCCCCCCCCCCCOC(=O)[C@H](CCC(=O)OCCCCCCCC)NC(=O)CCCCCCCCCCC. The van der Waals surface area contributed by atoms with Gasteiger partial charge in [0.15, 0.2) is 0 Å². The molecule has 0 aliphatic heterocycles. The molecule has 0 aromatic rings. The van der Waals surface area contributed by atoms with Gasteiger partial charge < -0.3 is 14.8 Å². The van der Waals surface area contributed by atoms with Crippen LogP contribution < -0.4 is 5.32 Å². The molecule has 0 aromatic carbocycles. The normalized spacial score (nSPS) is 11.8. The number of hydrogen-bond donors (Lipinski definition) is 1. The highest BCUT2D eigenvalue weighted by atomic mass is 16.5. The minimum atomic E-state index is -0.796. The molecule has 0 aliphatic carbocycles. The first-order valence-corrected chi connectivity index (χ1v) is 18.7. The van der Waals surface area contributed by atoms with Crippen molar-refractivity contribution in [3.63, 3.8) is 0 Å². The van der Waals surface area contributed by atoms with Gasteiger partial charge in [0.05, 0.1) is 13.2 Å². The molecule has 6 heteroatoms. The molecule has 254 valence electrons. The lowest BCUT2D eigenvalue weighted by atomic mass is 10.1. The van der Waals surface area contributed by atoms with Crippen LogP contribution in [0.2, 0.25) is 0 Å². The van der Waals surface area contributed by atoms with E-state index in [1.807, 2.05) is 0 Å². The topological polar surface area (TPSA) is 81.7 Å². The number of rotatable bonds is 33. The molecule has 0 rings (SSSR count). The van der Waals surface area contributed by atoms with Gasteiger partial charge in [0.25, 0.3) is 0 Å². The van der Waals surface area contributed by atoms with Crippen LogP contribution in [0.5, 0.6) is 0 Å². The Morgan fingerprint density at radius 3 is 1.28 bits per heavy atom. The molecule has 1 N–H and O–H groups in total. The zero-order chi connectivity index (χ0) is 31.6. The minimum Gasteiger partial charge on any atom is -0.466 e. The molecule has 0 aliphatic rings. The summed E-state index contributed by atoms with van der Waals surface area (Å²) in [4.78, 5) is 37.8.